The normalized spacial score (nSPS) is 22.5. The maximum atomic E-state index is 14.0. The number of halogens is 1. The van der Waals surface area contributed by atoms with Gasteiger partial charge in [-0.05, 0) is 149 Å². The van der Waals surface area contributed by atoms with Crippen molar-refractivity contribution in [1.82, 2.24) is 19.6 Å². The summed E-state index contributed by atoms with van der Waals surface area (Å²) in [6, 6.07) is 21.9. The summed E-state index contributed by atoms with van der Waals surface area (Å²) in [4.78, 5) is 26.2. The Kier molecular flexibility index (Phi) is 12.7. The number of rotatable bonds is 13. The Morgan fingerprint density at radius 2 is 1.74 bits per heavy atom. The molecule has 1 saturated carbocycles. The summed E-state index contributed by atoms with van der Waals surface area (Å²) in [7, 11) is -2.45. The fourth-order valence-electron chi connectivity index (χ4n) is 9.05. The second-order valence-electron chi connectivity index (χ2n) is 17.8. The van der Waals surface area contributed by atoms with E-state index in [4.69, 9.17) is 21.1 Å². The highest BCUT2D eigenvalue weighted by atomic mass is 35.5. The van der Waals surface area contributed by atoms with Crippen LogP contribution >= 0.6 is 11.6 Å². The number of ether oxygens (including phenoxy) is 2. The number of amides is 1. The number of fused-ring (bicyclic) bond motifs is 1. The van der Waals surface area contributed by atoms with Gasteiger partial charge in [0.1, 0.15) is 17.1 Å². The van der Waals surface area contributed by atoms with Crippen LogP contribution in [0.1, 0.15) is 80.3 Å². The summed E-state index contributed by atoms with van der Waals surface area (Å²) < 4.78 is 42.1. The van der Waals surface area contributed by atoms with Crippen molar-refractivity contribution in [2.24, 2.45) is 5.92 Å². The van der Waals surface area contributed by atoms with E-state index in [1.54, 1.807) is 37.7 Å². The number of piperazine rings is 1. The molecule has 8 rings (SSSR count). The number of anilines is 2. The van der Waals surface area contributed by atoms with Crippen LogP contribution in [0.2, 0.25) is 5.02 Å². The molecule has 3 heterocycles. The first-order chi connectivity index (χ1) is 29.7. The molecule has 1 saturated heterocycles. The number of aromatic amines is 1. The zero-order valence-electron chi connectivity index (χ0n) is 36.0. The molecule has 62 heavy (non-hydrogen) atoms. The highest BCUT2D eigenvalue weighted by molar-refractivity contribution is 7.90. The number of benzene rings is 3. The lowest BCUT2D eigenvalue weighted by Gasteiger charge is -2.40. The van der Waals surface area contributed by atoms with E-state index in [9.17, 15) is 18.3 Å². The summed E-state index contributed by atoms with van der Waals surface area (Å²) in [5.41, 5.74) is 6.37. The van der Waals surface area contributed by atoms with Crippen molar-refractivity contribution in [2.45, 2.75) is 81.8 Å². The molecule has 2 fully saturated rings. The minimum Gasteiger partial charge on any atom is -0.455 e. The molecule has 12 nitrogen and oxygen atoms in total. The molecule has 328 valence electrons. The number of aryl methyl sites for hydroxylation is 1. The van der Waals surface area contributed by atoms with Crippen LogP contribution in [-0.2, 0) is 14.8 Å². The predicted octanol–water partition coefficient (Wildman–Crippen LogP) is 8.95. The summed E-state index contributed by atoms with van der Waals surface area (Å²) in [6.45, 7) is 10.6. The third-order valence-electron chi connectivity index (χ3n) is 13.1. The maximum absolute atomic E-state index is 14.0. The number of aromatic nitrogens is 2. The largest absolute Gasteiger partial charge is 0.455 e. The van der Waals surface area contributed by atoms with Gasteiger partial charge in [-0.2, -0.15) is 0 Å². The Hall–Kier alpha value is -4.92. The van der Waals surface area contributed by atoms with Gasteiger partial charge in [0.2, 0.25) is 0 Å². The number of H-pyrrole nitrogens is 1. The highest BCUT2D eigenvalue weighted by Crippen LogP contribution is 2.40. The third-order valence-corrected chi connectivity index (χ3v) is 14.6. The third kappa shape index (κ3) is 10.1. The number of methoxy groups -OCH3 is 1. The molecule has 0 bridgehead atoms. The van der Waals surface area contributed by atoms with E-state index in [0.717, 1.165) is 112 Å². The molecule has 0 spiro atoms. The molecule has 14 heteroatoms. The first-order valence-electron chi connectivity index (χ1n) is 21.5. The molecule has 1 atom stereocenters. The second kappa shape index (κ2) is 18.1. The van der Waals surface area contributed by atoms with Crippen LogP contribution in [0.4, 0.5) is 11.4 Å². The Bertz CT molecular complexity index is 2560. The molecule has 1 aliphatic heterocycles. The van der Waals surface area contributed by atoms with Crippen molar-refractivity contribution >= 4 is 55.5 Å². The number of allylic oxidation sites excluding steroid dienone is 1. The van der Waals surface area contributed by atoms with Gasteiger partial charge in [0.25, 0.3) is 15.9 Å². The van der Waals surface area contributed by atoms with Crippen molar-refractivity contribution in [3.05, 3.63) is 112 Å². The molecule has 5 aromatic rings. The number of hydrogen-bond acceptors (Lipinski definition) is 10. The fraction of sp³-hybridized carbons (Fsp3) is 0.417. The number of pyridine rings is 1. The summed E-state index contributed by atoms with van der Waals surface area (Å²) in [6.07, 6.45) is 9.51. The van der Waals surface area contributed by atoms with Crippen LogP contribution in [0.25, 0.3) is 16.6 Å². The number of nitrogens with one attached hydrogen (secondary N) is 3. The lowest BCUT2D eigenvalue weighted by Crippen LogP contribution is -2.47. The molecule has 1 amide bonds. The van der Waals surface area contributed by atoms with Crippen molar-refractivity contribution < 1.29 is 27.8 Å². The Balaban J connectivity index is 0.978. The van der Waals surface area contributed by atoms with Gasteiger partial charge in [-0.25, -0.2) is 18.1 Å². The average Bonchev–Trinajstić information content (AvgIpc) is 3.72. The van der Waals surface area contributed by atoms with Gasteiger partial charge in [0.05, 0.1) is 27.9 Å². The summed E-state index contributed by atoms with van der Waals surface area (Å²) >= 11 is 6.24. The molecular weight excluding hydrogens is 824 g/mol. The number of carbonyl (C=O) groups is 1. The molecule has 3 aromatic carbocycles. The quantitative estimate of drug-likeness (QED) is 0.0904. The van der Waals surface area contributed by atoms with Crippen molar-refractivity contribution in [3.63, 3.8) is 0 Å². The summed E-state index contributed by atoms with van der Waals surface area (Å²) in [5, 5.41) is 15.3. The van der Waals surface area contributed by atoms with E-state index in [0.29, 0.717) is 17.3 Å². The monoisotopic (exact) mass is 880 g/mol. The minimum absolute atomic E-state index is 0.0159. The first kappa shape index (κ1) is 43.7. The summed E-state index contributed by atoms with van der Waals surface area (Å²) in [5.74, 6) is 0.250. The van der Waals surface area contributed by atoms with E-state index in [1.807, 2.05) is 50.2 Å². The van der Waals surface area contributed by atoms with E-state index >= 15 is 0 Å². The zero-order valence-corrected chi connectivity index (χ0v) is 37.5. The van der Waals surface area contributed by atoms with Crippen molar-refractivity contribution in [1.29, 1.82) is 0 Å². The molecule has 4 N–H and O–H groups in total. The average molecular weight is 882 g/mol. The molecule has 2 aliphatic carbocycles. The van der Waals surface area contributed by atoms with Gasteiger partial charge >= 0.3 is 0 Å². The number of carbonyl (C=O) groups excluding carboxylic acids is 1. The second-order valence-corrected chi connectivity index (χ2v) is 19.9. The highest BCUT2D eigenvalue weighted by Gasteiger charge is 2.33. The van der Waals surface area contributed by atoms with Gasteiger partial charge < -0.3 is 29.8 Å². The van der Waals surface area contributed by atoms with Crippen molar-refractivity contribution in [3.8, 4) is 11.5 Å². The van der Waals surface area contributed by atoms with Gasteiger partial charge in [0.15, 0.2) is 0 Å². The Morgan fingerprint density at radius 3 is 2.47 bits per heavy atom. The first-order valence-corrected chi connectivity index (χ1v) is 23.4. The fourth-order valence-corrected chi connectivity index (χ4v) is 10.2. The SMILES string of the molecule is COC1(C)CCC(c2ccc(Cl)cc2)=C(CN2CCN(c3ccc(C(=O)NS(=O)(=O)c4ccc(NC[C@H]5CC[C@@](C)(O)CC5)c(C)c4)c(Oc4cnc5[nH]ccc5c4)c3)CC2)C1. The standard InChI is InChI=1S/C48H57ClN6O6S/c1-32-25-40(10-12-43(32)51-29-33-13-17-47(2,57)18-14-33)62(58,59)53-46(56)42-11-9-38(27-44(42)61-39-26-35-16-20-50-45(35)52-30-39)55-23-21-54(22-24-55)31-36-28-48(3,60-4)19-15-41(36)34-5-7-37(49)8-6-34/h5-12,16,20,25-27,30,33,51,57H,13-15,17-19,21-24,28-29,31H2,1-4H3,(H,50,52)(H,53,56)/t33-,47+,48?. The molecule has 0 radical (unpaired) electrons. The molecule has 2 aromatic heterocycles. The van der Waals surface area contributed by atoms with Gasteiger partial charge in [-0.15, -0.1) is 0 Å². The maximum Gasteiger partial charge on any atom is 0.268 e. The zero-order chi connectivity index (χ0) is 43.6. The van der Waals surface area contributed by atoms with Crippen LogP contribution in [-0.4, -0.2) is 91.9 Å². The molecular formula is C48H57ClN6O6S. The van der Waals surface area contributed by atoms with Crippen LogP contribution < -0.4 is 19.7 Å². The van der Waals surface area contributed by atoms with Crippen LogP contribution in [0.3, 0.4) is 0 Å². The van der Waals surface area contributed by atoms with E-state index in [-0.39, 0.29) is 21.8 Å². The van der Waals surface area contributed by atoms with Crippen molar-refractivity contribution in [2.75, 3.05) is 56.6 Å². The van der Waals surface area contributed by atoms with E-state index < -0.39 is 21.5 Å². The van der Waals surface area contributed by atoms with E-state index in [1.165, 1.54) is 22.8 Å². The Morgan fingerprint density at radius 1 is 0.984 bits per heavy atom. The number of sulfonamides is 1. The predicted molar refractivity (Wildman–Crippen MR) is 246 cm³/mol. The van der Waals surface area contributed by atoms with Crippen LogP contribution in [0, 0.1) is 12.8 Å². The molecule has 3 aliphatic rings. The number of nitrogens with zero attached hydrogens (tertiary/aromatic N) is 3. The lowest BCUT2D eigenvalue weighted by molar-refractivity contribution is -0.00392. The number of aliphatic hydroxyl groups is 1. The molecule has 1 unspecified atom stereocenters. The lowest BCUT2D eigenvalue weighted by atomic mass is 9.79. The van der Waals surface area contributed by atoms with E-state index in [2.05, 4.69) is 48.9 Å². The van der Waals surface area contributed by atoms with Crippen LogP contribution in [0.15, 0.2) is 95.7 Å². The minimum atomic E-state index is -4.25. The number of hydrogen-bond donors (Lipinski definition) is 4. The smallest absolute Gasteiger partial charge is 0.268 e. The van der Waals surface area contributed by atoms with Gasteiger partial charge in [-0.3, -0.25) is 9.69 Å². The van der Waals surface area contributed by atoms with Gasteiger partial charge in [0, 0.05) is 80.4 Å². The topological polar surface area (TPSA) is 149 Å². The van der Waals surface area contributed by atoms with Crippen LogP contribution in [0.5, 0.6) is 11.5 Å². The van der Waals surface area contributed by atoms with Gasteiger partial charge in [-0.1, -0.05) is 23.7 Å². The Labute approximate surface area is 369 Å².